The molecule has 0 nitrogen and oxygen atoms in total. The Morgan fingerprint density at radius 1 is 0.667 bits per heavy atom. The van der Waals surface area contributed by atoms with Crippen molar-refractivity contribution in [2.75, 3.05) is 0 Å². The predicted molar refractivity (Wildman–Crippen MR) is 113 cm³/mol. The SMILES string of the molecule is CCCCCC(C)(C)C(C(C)C)(C(C)(C)C)C(C)(C)CC(C)(C)C. The summed E-state index contributed by atoms with van der Waals surface area (Å²) in [5, 5.41) is 0. The molecule has 0 aromatic carbocycles. The van der Waals surface area contributed by atoms with Crippen LogP contribution in [0.1, 0.15) is 122 Å². The van der Waals surface area contributed by atoms with Crippen LogP contribution < -0.4 is 0 Å². The van der Waals surface area contributed by atoms with E-state index < -0.39 is 0 Å². The number of rotatable bonds is 8. The Hall–Kier alpha value is 0. The van der Waals surface area contributed by atoms with E-state index in [1.165, 1.54) is 32.1 Å². The summed E-state index contributed by atoms with van der Waals surface area (Å²) in [6, 6.07) is 0. The van der Waals surface area contributed by atoms with Crippen LogP contribution in [0.2, 0.25) is 0 Å². The normalized spacial score (nSPS) is 17.2. The zero-order valence-electron chi connectivity index (χ0n) is 19.6. The third-order valence-corrected chi connectivity index (χ3v) is 6.56. The van der Waals surface area contributed by atoms with Crippen molar-refractivity contribution in [3.05, 3.63) is 0 Å². The molecule has 1 unspecified atom stereocenters. The fraction of sp³-hybridized carbons (Fsp3) is 1.00. The second-order valence-corrected chi connectivity index (χ2v) is 12.2. The molecule has 0 spiro atoms. The van der Waals surface area contributed by atoms with Gasteiger partial charge in [-0.2, -0.15) is 0 Å². The Bertz CT molecular complexity index is 370. The number of hydrogen-bond donors (Lipinski definition) is 0. The van der Waals surface area contributed by atoms with Crippen LogP contribution >= 0.6 is 0 Å². The number of hydrogen-bond acceptors (Lipinski definition) is 0. The molecule has 0 bridgehead atoms. The van der Waals surface area contributed by atoms with Crippen LogP contribution in [0.4, 0.5) is 0 Å². The third-order valence-electron chi connectivity index (χ3n) is 6.56. The van der Waals surface area contributed by atoms with Crippen molar-refractivity contribution >= 4 is 0 Å². The average molecular weight is 339 g/mol. The summed E-state index contributed by atoms with van der Waals surface area (Å²) in [6.07, 6.45) is 6.64. The first-order chi connectivity index (χ1) is 10.5. The van der Waals surface area contributed by atoms with Crippen LogP contribution in [0, 0.1) is 33.0 Å². The van der Waals surface area contributed by atoms with Gasteiger partial charge in [-0.3, -0.25) is 0 Å². The van der Waals surface area contributed by atoms with Crippen molar-refractivity contribution in [1.29, 1.82) is 0 Å². The molecule has 0 heterocycles. The Balaban J connectivity index is 6.29. The lowest BCUT2D eigenvalue weighted by Gasteiger charge is -2.67. The molecule has 0 aliphatic rings. The lowest BCUT2D eigenvalue weighted by molar-refractivity contribution is -0.185. The molecule has 0 rings (SSSR count). The highest BCUT2D eigenvalue weighted by molar-refractivity contribution is 5.10. The third kappa shape index (κ3) is 4.79. The van der Waals surface area contributed by atoms with E-state index >= 15 is 0 Å². The molecule has 0 N–H and O–H groups in total. The largest absolute Gasteiger partial charge is 0.0654 e. The van der Waals surface area contributed by atoms with Gasteiger partial charge in [0.1, 0.15) is 0 Å². The summed E-state index contributed by atoms with van der Waals surface area (Å²) >= 11 is 0. The van der Waals surface area contributed by atoms with E-state index in [4.69, 9.17) is 0 Å². The molecule has 0 fully saturated rings. The minimum atomic E-state index is 0.269. The van der Waals surface area contributed by atoms with Crippen molar-refractivity contribution in [2.45, 2.75) is 122 Å². The van der Waals surface area contributed by atoms with E-state index in [0.29, 0.717) is 16.7 Å². The minimum absolute atomic E-state index is 0.269. The van der Waals surface area contributed by atoms with Crippen molar-refractivity contribution in [1.82, 2.24) is 0 Å². The molecule has 0 heteroatoms. The molecular weight excluding hydrogens is 288 g/mol. The first kappa shape index (κ1) is 24.0. The highest BCUT2D eigenvalue weighted by Crippen LogP contribution is 2.68. The van der Waals surface area contributed by atoms with Crippen LogP contribution in [0.5, 0.6) is 0 Å². The second-order valence-electron chi connectivity index (χ2n) is 12.2. The molecule has 0 aliphatic carbocycles. The van der Waals surface area contributed by atoms with Gasteiger partial charge in [0, 0.05) is 0 Å². The summed E-state index contributed by atoms with van der Waals surface area (Å²) in [5.74, 6) is 0.659. The molecule has 0 saturated carbocycles. The topological polar surface area (TPSA) is 0 Å². The van der Waals surface area contributed by atoms with Gasteiger partial charge in [0.2, 0.25) is 0 Å². The molecule has 0 aromatic rings. The van der Waals surface area contributed by atoms with Crippen LogP contribution in [0.25, 0.3) is 0 Å². The summed E-state index contributed by atoms with van der Waals surface area (Å²) in [4.78, 5) is 0. The maximum atomic E-state index is 2.57. The highest BCUT2D eigenvalue weighted by Gasteiger charge is 2.62. The van der Waals surface area contributed by atoms with Crippen LogP contribution in [0.15, 0.2) is 0 Å². The van der Waals surface area contributed by atoms with Gasteiger partial charge >= 0.3 is 0 Å². The van der Waals surface area contributed by atoms with E-state index in [9.17, 15) is 0 Å². The summed E-state index contributed by atoms with van der Waals surface area (Å²) in [6.45, 7) is 32.3. The Labute approximate surface area is 155 Å². The van der Waals surface area contributed by atoms with Gasteiger partial charge in [0.25, 0.3) is 0 Å². The van der Waals surface area contributed by atoms with Gasteiger partial charge < -0.3 is 0 Å². The maximum absolute atomic E-state index is 2.57. The average Bonchev–Trinajstić information content (AvgIpc) is 2.21. The fourth-order valence-electron chi connectivity index (χ4n) is 7.85. The van der Waals surface area contributed by atoms with Gasteiger partial charge in [-0.25, -0.2) is 0 Å². The monoisotopic (exact) mass is 338 g/mol. The Morgan fingerprint density at radius 3 is 1.42 bits per heavy atom. The minimum Gasteiger partial charge on any atom is -0.0654 e. The molecule has 0 amide bonds. The molecular formula is C24H50. The molecule has 146 valence electrons. The Morgan fingerprint density at radius 2 is 1.12 bits per heavy atom. The van der Waals surface area contributed by atoms with Crippen LogP contribution in [-0.4, -0.2) is 0 Å². The van der Waals surface area contributed by atoms with E-state index in [0.717, 1.165) is 0 Å². The summed E-state index contributed by atoms with van der Waals surface area (Å²) in [5.41, 5.74) is 1.52. The molecule has 24 heavy (non-hydrogen) atoms. The molecule has 0 aliphatic heterocycles. The second kappa shape index (κ2) is 7.71. The first-order valence-electron chi connectivity index (χ1n) is 10.5. The van der Waals surface area contributed by atoms with Crippen LogP contribution in [-0.2, 0) is 0 Å². The quantitative estimate of drug-likeness (QED) is 0.388. The molecule has 1 atom stereocenters. The standard InChI is InChI=1S/C24H50/c1-14-15-16-17-22(10,11)24(19(2)3,21(7,8)9)23(12,13)18-20(4,5)6/h19H,14-18H2,1-13H3. The van der Waals surface area contributed by atoms with Gasteiger partial charge in [-0.15, -0.1) is 0 Å². The lowest BCUT2D eigenvalue weighted by atomic mass is 9.38. The van der Waals surface area contributed by atoms with Gasteiger partial charge in [-0.1, -0.05) is 109 Å². The van der Waals surface area contributed by atoms with Gasteiger partial charge in [0.05, 0.1) is 0 Å². The van der Waals surface area contributed by atoms with Crippen molar-refractivity contribution in [3.8, 4) is 0 Å². The smallest absolute Gasteiger partial charge is 0.0123 e. The lowest BCUT2D eigenvalue weighted by Crippen LogP contribution is -2.60. The van der Waals surface area contributed by atoms with Crippen molar-refractivity contribution < 1.29 is 0 Å². The van der Waals surface area contributed by atoms with E-state index in [1.54, 1.807) is 0 Å². The molecule has 0 saturated heterocycles. The Kier molecular flexibility index (Phi) is 7.71. The molecule has 0 radical (unpaired) electrons. The van der Waals surface area contributed by atoms with Crippen molar-refractivity contribution in [3.63, 3.8) is 0 Å². The van der Waals surface area contributed by atoms with E-state index in [2.05, 4.69) is 90.0 Å². The zero-order chi connectivity index (χ0) is 19.6. The fourth-order valence-corrected chi connectivity index (χ4v) is 7.85. The van der Waals surface area contributed by atoms with E-state index in [1.807, 2.05) is 0 Å². The highest BCUT2D eigenvalue weighted by atomic mass is 14.7. The van der Waals surface area contributed by atoms with Crippen molar-refractivity contribution in [2.24, 2.45) is 33.0 Å². The summed E-state index contributed by atoms with van der Waals surface area (Å²) < 4.78 is 0. The van der Waals surface area contributed by atoms with Crippen LogP contribution in [0.3, 0.4) is 0 Å². The van der Waals surface area contributed by atoms with Gasteiger partial charge in [-0.05, 0) is 45.8 Å². The number of unbranched alkanes of at least 4 members (excludes halogenated alkanes) is 2. The summed E-state index contributed by atoms with van der Waals surface area (Å²) in [7, 11) is 0. The zero-order valence-corrected chi connectivity index (χ0v) is 19.6. The molecule has 0 aromatic heterocycles. The predicted octanol–water partition coefficient (Wildman–Crippen LogP) is 8.74. The van der Waals surface area contributed by atoms with Gasteiger partial charge in [0.15, 0.2) is 0 Å². The maximum Gasteiger partial charge on any atom is -0.0123 e. The first-order valence-corrected chi connectivity index (χ1v) is 10.5. The van der Waals surface area contributed by atoms with E-state index in [-0.39, 0.29) is 16.2 Å².